The predicted molar refractivity (Wildman–Crippen MR) is 95.4 cm³/mol. The van der Waals surface area contributed by atoms with Crippen LogP contribution >= 0.6 is 11.6 Å². The summed E-state index contributed by atoms with van der Waals surface area (Å²) >= 11 is 5.97. The van der Waals surface area contributed by atoms with Crippen LogP contribution in [0.5, 0.6) is 0 Å². The van der Waals surface area contributed by atoms with Crippen LogP contribution in [-0.4, -0.2) is 19.0 Å². The summed E-state index contributed by atoms with van der Waals surface area (Å²) in [5, 5.41) is 7.23. The van der Waals surface area contributed by atoms with E-state index in [2.05, 4.69) is 41.6 Å². The maximum atomic E-state index is 5.97. The van der Waals surface area contributed by atoms with Crippen LogP contribution < -0.4 is 10.6 Å². The summed E-state index contributed by atoms with van der Waals surface area (Å²) in [7, 11) is 0. The van der Waals surface area contributed by atoms with Crippen LogP contribution in [0.15, 0.2) is 53.5 Å². The first-order valence-electron chi connectivity index (χ1n) is 7.60. The molecule has 3 nitrogen and oxygen atoms in total. The molecule has 0 aliphatic rings. The fraction of sp³-hybridized carbons (Fsp3) is 0.278. The summed E-state index contributed by atoms with van der Waals surface area (Å²) in [6, 6.07) is 16.2. The minimum absolute atomic E-state index is 0.633. The smallest absolute Gasteiger partial charge is 0.191 e. The van der Waals surface area contributed by atoms with Crippen molar-refractivity contribution >= 4 is 17.6 Å². The van der Waals surface area contributed by atoms with Gasteiger partial charge in [0, 0.05) is 18.1 Å². The van der Waals surface area contributed by atoms with Crippen LogP contribution in [0.1, 0.15) is 19.4 Å². The molecule has 0 atom stereocenters. The van der Waals surface area contributed by atoms with Crippen LogP contribution in [0, 0.1) is 0 Å². The van der Waals surface area contributed by atoms with E-state index in [-0.39, 0.29) is 0 Å². The molecule has 4 heteroatoms. The van der Waals surface area contributed by atoms with E-state index in [4.69, 9.17) is 11.6 Å². The first-order valence-corrected chi connectivity index (χ1v) is 7.98. The van der Waals surface area contributed by atoms with E-state index in [9.17, 15) is 0 Å². The van der Waals surface area contributed by atoms with Gasteiger partial charge in [0.1, 0.15) is 0 Å². The van der Waals surface area contributed by atoms with Crippen LogP contribution in [-0.2, 0) is 6.54 Å². The van der Waals surface area contributed by atoms with Gasteiger partial charge in [-0.15, -0.1) is 0 Å². The van der Waals surface area contributed by atoms with E-state index in [1.807, 2.05) is 36.4 Å². The molecule has 116 valence electrons. The molecule has 2 aromatic carbocycles. The minimum atomic E-state index is 0.633. The predicted octanol–water partition coefficient (Wildman–Crippen LogP) is 4.08. The molecule has 0 radical (unpaired) electrons. The van der Waals surface area contributed by atoms with Crippen molar-refractivity contribution in [3.05, 3.63) is 59.1 Å². The van der Waals surface area contributed by atoms with Crippen molar-refractivity contribution in [2.45, 2.75) is 20.4 Å². The molecule has 0 saturated heterocycles. The topological polar surface area (TPSA) is 36.4 Å². The second-order valence-corrected chi connectivity index (χ2v) is 5.33. The SMILES string of the molecule is CCNC(=NCc1ccccc1-c1ccc(Cl)cc1)NCC. The summed E-state index contributed by atoms with van der Waals surface area (Å²) < 4.78 is 0. The van der Waals surface area contributed by atoms with Crippen molar-refractivity contribution in [3.63, 3.8) is 0 Å². The van der Waals surface area contributed by atoms with Gasteiger partial charge >= 0.3 is 0 Å². The molecule has 0 aliphatic heterocycles. The Morgan fingerprint density at radius 2 is 1.59 bits per heavy atom. The molecule has 0 spiro atoms. The zero-order chi connectivity index (χ0) is 15.8. The number of hydrogen-bond donors (Lipinski definition) is 2. The number of guanidine groups is 1. The summed E-state index contributed by atoms with van der Waals surface area (Å²) in [5.74, 6) is 0.843. The zero-order valence-corrected chi connectivity index (χ0v) is 13.8. The third kappa shape index (κ3) is 4.50. The Hall–Kier alpha value is -2.00. The summed E-state index contributed by atoms with van der Waals surface area (Å²) in [6.07, 6.45) is 0. The molecular weight excluding hydrogens is 294 g/mol. The molecule has 0 heterocycles. The Bertz CT molecular complexity index is 612. The maximum Gasteiger partial charge on any atom is 0.191 e. The molecule has 2 N–H and O–H groups in total. The molecule has 0 aromatic heterocycles. The summed E-state index contributed by atoms with van der Waals surface area (Å²) in [6.45, 7) is 6.46. The second kappa shape index (κ2) is 8.44. The summed E-state index contributed by atoms with van der Waals surface area (Å²) in [4.78, 5) is 4.65. The van der Waals surface area contributed by atoms with Crippen LogP contribution in [0.2, 0.25) is 5.02 Å². The van der Waals surface area contributed by atoms with Gasteiger partial charge in [-0.1, -0.05) is 48.0 Å². The van der Waals surface area contributed by atoms with Gasteiger partial charge in [-0.3, -0.25) is 0 Å². The molecule has 0 amide bonds. The third-order valence-corrected chi connectivity index (χ3v) is 3.52. The lowest BCUT2D eigenvalue weighted by Crippen LogP contribution is -2.36. The lowest BCUT2D eigenvalue weighted by molar-refractivity contribution is 0.839. The van der Waals surface area contributed by atoms with Crippen LogP contribution in [0.3, 0.4) is 0 Å². The average molecular weight is 316 g/mol. The molecule has 0 aliphatic carbocycles. The van der Waals surface area contributed by atoms with Crippen LogP contribution in [0.4, 0.5) is 0 Å². The first-order chi connectivity index (χ1) is 10.7. The van der Waals surface area contributed by atoms with Crippen molar-refractivity contribution in [1.82, 2.24) is 10.6 Å². The Balaban J connectivity index is 2.24. The highest BCUT2D eigenvalue weighted by Crippen LogP contribution is 2.25. The largest absolute Gasteiger partial charge is 0.357 e. The molecule has 2 rings (SSSR count). The molecular formula is C18H22ClN3. The quantitative estimate of drug-likeness (QED) is 0.644. The lowest BCUT2D eigenvalue weighted by atomic mass is 10.00. The number of nitrogens with zero attached hydrogens (tertiary/aromatic N) is 1. The Labute approximate surface area is 137 Å². The van der Waals surface area contributed by atoms with E-state index in [1.165, 1.54) is 11.1 Å². The Morgan fingerprint density at radius 1 is 0.955 bits per heavy atom. The van der Waals surface area contributed by atoms with Crippen molar-refractivity contribution in [2.24, 2.45) is 4.99 Å². The third-order valence-electron chi connectivity index (χ3n) is 3.27. The monoisotopic (exact) mass is 315 g/mol. The average Bonchev–Trinajstić information content (AvgIpc) is 2.54. The molecule has 0 unspecified atom stereocenters. The fourth-order valence-electron chi connectivity index (χ4n) is 2.24. The standard InChI is InChI=1S/C18H22ClN3/c1-3-20-18(21-4-2)22-13-15-7-5-6-8-17(15)14-9-11-16(19)12-10-14/h5-12H,3-4,13H2,1-2H3,(H2,20,21,22). The van der Waals surface area contributed by atoms with Crippen molar-refractivity contribution in [1.29, 1.82) is 0 Å². The van der Waals surface area contributed by atoms with E-state index in [0.717, 1.165) is 29.6 Å². The highest BCUT2D eigenvalue weighted by atomic mass is 35.5. The second-order valence-electron chi connectivity index (χ2n) is 4.89. The highest BCUT2D eigenvalue weighted by molar-refractivity contribution is 6.30. The van der Waals surface area contributed by atoms with Crippen molar-refractivity contribution < 1.29 is 0 Å². The minimum Gasteiger partial charge on any atom is -0.357 e. The number of nitrogens with one attached hydrogen (secondary N) is 2. The number of rotatable bonds is 5. The van der Waals surface area contributed by atoms with Gasteiger partial charge in [-0.05, 0) is 42.7 Å². The molecule has 0 fully saturated rings. The van der Waals surface area contributed by atoms with E-state index in [0.29, 0.717) is 6.54 Å². The van der Waals surface area contributed by atoms with Gasteiger partial charge in [0.2, 0.25) is 0 Å². The number of halogens is 1. The van der Waals surface area contributed by atoms with Gasteiger partial charge in [0.25, 0.3) is 0 Å². The van der Waals surface area contributed by atoms with Crippen LogP contribution in [0.25, 0.3) is 11.1 Å². The molecule has 0 saturated carbocycles. The van der Waals surface area contributed by atoms with Gasteiger partial charge in [0.05, 0.1) is 6.54 Å². The van der Waals surface area contributed by atoms with E-state index >= 15 is 0 Å². The molecule has 0 bridgehead atoms. The lowest BCUT2D eigenvalue weighted by Gasteiger charge is -2.11. The molecule has 22 heavy (non-hydrogen) atoms. The number of aliphatic imine (C=N–C) groups is 1. The highest BCUT2D eigenvalue weighted by Gasteiger charge is 2.04. The van der Waals surface area contributed by atoms with Gasteiger partial charge in [-0.2, -0.15) is 0 Å². The van der Waals surface area contributed by atoms with Crippen molar-refractivity contribution in [3.8, 4) is 11.1 Å². The molecule has 2 aromatic rings. The van der Waals surface area contributed by atoms with Gasteiger partial charge in [0.15, 0.2) is 5.96 Å². The van der Waals surface area contributed by atoms with Crippen molar-refractivity contribution in [2.75, 3.05) is 13.1 Å². The maximum absolute atomic E-state index is 5.97. The number of benzene rings is 2. The Morgan fingerprint density at radius 3 is 2.23 bits per heavy atom. The van der Waals surface area contributed by atoms with Gasteiger partial charge in [-0.25, -0.2) is 4.99 Å². The van der Waals surface area contributed by atoms with E-state index in [1.54, 1.807) is 0 Å². The first kappa shape index (κ1) is 16.4. The van der Waals surface area contributed by atoms with E-state index < -0.39 is 0 Å². The summed E-state index contributed by atoms with van der Waals surface area (Å²) in [5.41, 5.74) is 3.54. The van der Waals surface area contributed by atoms with Gasteiger partial charge < -0.3 is 10.6 Å². The zero-order valence-electron chi connectivity index (χ0n) is 13.1. The Kier molecular flexibility index (Phi) is 6.28. The number of hydrogen-bond acceptors (Lipinski definition) is 1. The normalized spacial score (nSPS) is 10.1. The fourth-order valence-corrected chi connectivity index (χ4v) is 2.37.